The first kappa shape index (κ1) is 23.8. The summed E-state index contributed by atoms with van der Waals surface area (Å²) in [6.45, 7) is 4.02. The van der Waals surface area contributed by atoms with Gasteiger partial charge in [0.1, 0.15) is 12.1 Å². The molecule has 1 saturated carbocycles. The number of carbonyl (C=O) groups is 3. The molecule has 2 N–H and O–H groups in total. The zero-order valence-corrected chi connectivity index (χ0v) is 19.8. The molecular formula is C27H32N2O5. The normalized spacial score (nSPS) is 14.8. The number of aliphatic carboxylic acids is 1. The van der Waals surface area contributed by atoms with E-state index in [4.69, 9.17) is 9.84 Å². The smallest absolute Gasteiger partial charge is 0.408 e. The molecule has 2 aromatic rings. The van der Waals surface area contributed by atoms with Crippen molar-refractivity contribution in [3.63, 3.8) is 0 Å². The van der Waals surface area contributed by atoms with Crippen LogP contribution in [0.1, 0.15) is 63.0 Å². The fourth-order valence-electron chi connectivity index (χ4n) is 4.94. The van der Waals surface area contributed by atoms with E-state index in [1.807, 2.05) is 38.1 Å². The summed E-state index contributed by atoms with van der Waals surface area (Å²) in [5, 5.41) is 11.9. The van der Waals surface area contributed by atoms with E-state index in [9.17, 15) is 14.4 Å². The van der Waals surface area contributed by atoms with Gasteiger partial charge in [-0.05, 0) is 47.9 Å². The van der Waals surface area contributed by atoms with Crippen molar-refractivity contribution in [1.29, 1.82) is 0 Å². The molecule has 2 aliphatic carbocycles. The number of carboxylic acid groups (broad SMARTS) is 1. The van der Waals surface area contributed by atoms with Crippen LogP contribution >= 0.6 is 0 Å². The quantitative estimate of drug-likeness (QED) is 0.538. The van der Waals surface area contributed by atoms with E-state index in [2.05, 4.69) is 29.6 Å². The number of amides is 2. The second-order valence-electron chi connectivity index (χ2n) is 9.11. The van der Waals surface area contributed by atoms with Crippen molar-refractivity contribution in [1.82, 2.24) is 10.2 Å². The second-order valence-corrected chi connectivity index (χ2v) is 9.11. The first-order valence-electron chi connectivity index (χ1n) is 12.1. The summed E-state index contributed by atoms with van der Waals surface area (Å²) in [5.41, 5.74) is 3.43. The van der Waals surface area contributed by atoms with Crippen molar-refractivity contribution in [2.24, 2.45) is 0 Å². The number of carboxylic acids is 1. The maximum atomic E-state index is 13.5. The van der Waals surface area contributed by atoms with E-state index in [1.165, 1.54) is 0 Å². The van der Waals surface area contributed by atoms with Gasteiger partial charge < -0.3 is 20.1 Å². The molecule has 0 aliphatic heterocycles. The fourth-order valence-corrected chi connectivity index (χ4v) is 4.94. The molecule has 2 aromatic carbocycles. The third kappa shape index (κ3) is 4.65. The van der Waals surface area contributed by atoms with Crippen molar-refractivity contribution < 1.29 is 24.2 Å². The molecule has 0 saturated heterocycles. The summed E-state index contributed by atoms with van der Waals surface area (Å²) in [6, 6.07) is 16.3. The van der Waals surface area contributed by atoms with Gasteiger partial charge in [-0.2, -0.15) is 0 Å². The van der Waals surface area contributed by atoms with Crippen LogP contribution in [0.4, 0.5) is 4.79 Å². The van der Waals surface area contributed by atoms with Gasteiger partial charge in [0.2, 0.25) is 5.91 Å². The zero-order chi connectivity index (χ0) is 24.3. The van der Waals surface area contributed by atoms with Gasteiger partial charge in [0.25, 0.3) is 0 Å². The Morgan fingerprint density at radius 3 is 2.06 bits per heavy atom. The van der Waals surface area contributed by atoms with Crippen molar-refractivity contribution >= 4 is 18.0 Å². The summed E-state index contributed by atoms with van der Waals surface area (Å²) in [6.07, 6.45) is 1.76. The lowest BCUT2D eigenvalue weighted by molar-refractivity contribution is -0.142. The highest BCUT2D eigenvalue weighted by Gasteiger charge is 2.44. The van der Waals surface area contributed by atoms with Crippen LogP contribution in [-0.4, -0.2) is 52.7 Å². The molecule has 0 aromatic heterocycles. The summed E-state index contributed by atoms with van der Waals surface area (Å²) in [7, 11) is 0. The molecule has 4 rings (SSSR count). The molecule has 0 unspecified atom stereocenters. The standard InChI is InChI=1S/C27H32N2O5/c1-3-27(4-2,25(32)29(18-13-14-18)16-15-24(30)31)28-26(33)34-17-23-21-11-7-5-9-19(21)20-10-6-8-12-22(20)23/h5-12,18,23H,3-4,13-17H2,1-2H3,(H,28,33)(H,30,31). The summed E-state index contributed by atoms with van der Waals surface area (Å²) in [4.78, 5) is 39.2. The van der Waals surface area contributed by atoms with Crippen LogP contribution in [0.25, 0.3) is 11.1 Å². The van der Waals surface area contributed by atoms with E-state index in [0.29, 0.717) is 12.8 Å². The predicted octanol–water partition coefficient (Wildman–Crippen LogP) is 4.55. The Morgan fingerprint density at radius 2 is 1.56 bits per heavy atom. The number of fused-ring (bicyclic) bond motifs is 3. The van der Waals surface area contributed by atoms with Gasteiger partial charge in [-0.1, -0.05) is 62.4 Å². The Bertz CT molecular complexity index is 1030. The van der Waals surface area contributed by atoms with Gasteiger partial charge in [-0.15, -0.1) is 0 Å². The van der Waals surface area contributed by atoms with Gasteiger partial charge in [0.05, 0.1) is 6.42 Å². The number of nitrogens with zero attached hydrogens (tertiary/aromatic N) is 1. The summed E-state index contributed by atoms with van der Waals surface area (Å²) < 4.78 is 5.69. The lowest BCUT2D eigenvalue weighted by Gasteiger charge is -2.36. The van der Waals surface area contributed by atoms with Crippen molar-refractivity contribution in [2.75, 3.05) is 13.2 Å². The summed E-state index contributed by atoms with van der Waals surface area (Å²) >= 11 is 0. The van der Waals surface area contributed by atoms with Crippen molar-refractivity contribution in [3.8, 4) is 11.1 Å². The SMILES string of the molecule is CCC(CC)(NC(=O)OCC1c2ccccc2-c2ccccc21)C(=O)N(CCC(=O)O)C1CC1. The van der Waals surface area contributed by atoms with Crippen LogP contribution in [0.3, 0.4) is 0 Å². The average molecular weight is 465 g/mol. The van der Waals surface area contributed by atoms with Gasteiger partial charge >= 0.3 is 12.1 Å². The van der Waals surface area contributed by atoms with Gasteiger partial charge in [-0.25, -0.2) is 4.79 Å². The predicted molar refractivity (Wildman–Crippen MR) is 129 cm³/mol. The third-order valence-electron chi connectivity index (χ3n) is 7.12. The van der Waals surface area contributed by atoms with E-state index in [1.54, 1.807) is 4.90 Å². The molecule has 2 amide bonds. The molecular weight excluding hydrogens is 432 g/mol. The van der Waals surface area contributed by atoms with Crippen LogP contribution in [-0.2, 0) is 14.3 Å². The summed E-state index contributed by atoms with van der Waals surface area (Å²) in [5.74, 6) is -1.23. The number of benzene rings is 2. The Balaban J connectivity index is 1.46. The molecule has 0 bridgehead atoms. The minimum Gasteiger partial charge on any atom is -0.481 e. The molecule has 2 aliphatic rings. The lowest BCUT2D eigenvalue weighted by Crippen LogP contribution is -2.60. The number of hydrogen-bond acceptors (Lipinski definition) is 4. The van der Waals surface area contributed by atoms with E-state index in [0.717, 1.165) is 35.1 Å². The number of alkyl carbamates (subject to hydrolysis) is 1. The van der Waals surface area contributed by atoms with Crippen LogP contribution in [0, 0.1) is 0 Å². The topological polar surface area (TPSA) is 95.9 Å². The van der Waals surface area contributed by atoms with Gasteiger partial charge in [0.15, 0.2) is 0 Å². The largest absolute Gasteiger partial charge is 0.481 e. The number of nitrogens with one attached hydrogen (secondary N) is 1. The van der Waals surface area contributed by atoms with Crippen molar-refractivity contribution in [3.05, 3.63) is 59.7 Å². The highest BCUT2D eigenvalue weighted by atomic mass is 16.5. The first-order chi connectivity index (χ1) is 16.4. The molecule has 1 fully saturated rings. The van der Waals surface area contributed by atoms with Crippen LogP contribution in [0.5, 0.6) is 0 Å². The molecule has 0 heterocycles. The molecule has 180 valence electrons. The molecule has 0 radical (unpaired) electrons. The maximum Gasteiger partial charge on any atom is 0.408 e. The Labute approximate surface area is 200 Å². The van der Waals surface area contributed by atoms with E-state index >= 15 is 0 Å². The number of hydrogen-bond donors (Lipinski definition) is 2. The average Bonchev–Trinajstić information content (AvgIpc) is 3.63. The highest BCUT2D eigenvalue weighted by molar-refractivity contribution is 5.90. The Hall–Kier alpha value is -3.35. The molecule has 7 heteroatoms. The van der Waals surface area contributed by atoms with Gasteiger partial charge in [0, 0.05) is 18.5 Å². The Morgan fingerprint density at radius 1 is 1.00 bits per heavy atom. The maximum absolute atomic E-state index is 13.5. The van der Waals surface area contributed by atoms with E-state index < -0.39 is 17.6 Å². The van der Waals surface area contributed by atoms with Crippen LogP contribution in [0.15, 0.2) is 48.5 Å². The third-order valence-corrected chi connectivity index (χ3v) is 7.12. The number of carbonyl (C=O) groups excluding carboxylic acids is 2. The minimum atomic E-state index is -1.12. The van der Waals surface area contributed by atoms with E-state index in [-0.39, 0.29) is 37.4 Å². The number of ether oxygens (including phenoxy) is 1. The second kappa shape index (κ2) is 9.87. The molecule has 0 spiro atoms. The fraction of sp³-hybridized carbons (Fsp3) is 0.444. The van der Waals surface area contributed by atoms with Crippen molar-refractivity contribution in [2.45, 2.75) is 63.5 Å². The first-order valence-corrected chi connectivity index (χ1v) is 12.1. The Kier molecular flexibility index (Phi) is 6.91. The highest BCUT2D eigenvalue weighted by Crippen LogP contribution is 2.44. The number of rotatable bonds is 10. The zero-order valence-electron chi connectivity index (χ0n) is 19.8. The van der Waals surface area contributed by atoms with Crippen LogP contribution in [0.2, 0.25) is 0 Å². The minimum absolute atomic E-state index is 0.0497. The molecule has 7 nitrogen and oxygen atoms in total. The van der Waals surface area contributed by atoms with Gasteiger partial charge in [-0.3, -0.25) is 9.59 Å². The lowest BCUT2D eigenvalue weighted by atomic mass is 9.90. The molecule has 34 heavy (non-hydrogen) atoms. The van der Waals surface area contributed by atoms with Crippen LogP contribution < -0.4 is 5.32 Å². The monoisotopic (exact) mass is 464 g/mol. The molecule has 0 atom stereocenters.